The number of nitrogens with zero attached hydrogens (tertiary/aromatic N) is 1. The Balaban J connectivity index is 2.68. The molecule has 2 rings (SSSR count). The Bertz CT molecular complexity index is 483. The number of hydrogen-bond acceptors (Lipinski definition) is 3. The minimum Gasteiger partial charge on any atom is -0.496 e. The van der Waals surface area contributed by atoms with Crippen LogP contribution in [0.4, 0.5) is 4.39 Å². The van der Waals surface area contributed by atoms with E-state index < -0.39 is 5.82 Å². The van der Waals surface area contributed by atoms with Gasteiger partial charge in [-0.2, -0.15) is 5.10 Å². The molecule has 84 valence electrons. The molecule has 2 aromatic rings. The minimum atomic E-state index is -0.431. The molecule has 5 heteroatoms. The third-order valence-electron chi connectivity index (χ3n) is 2.28. The summed E-state index contributed by atoms with van der Waals surface area (Å²) in [5, 5.41) is 6.49. The van der Waals surface area contributed by atoms with Gasteiger partial charge in [0.15, 0.2) is 11.6 Å². The maximum Gasteiger partial charge on any atom is 0.166 e. The number of halogens is 1. The van der Waals surface area contributed by atoms with Crippen molar-refractivity contribution < 1.29 is 13.9 Å². The minimum absolute atomic E-state index is 0.153. The number of aromatic amines is 1. The van der Waals surface area contributed by atoms with Crippen molar-refractivity contribution in [2.24, 2.45) is 0 Å². The van der Waals surface area contributed by atoms with Crippen LogP contribution in [0, 0.1) is 5.82 Å². The molecule has 0 spiro atoms. The fourth-order valence-corrected chi connectivity index (χ4v) is 1.57. The average Bonchev–Trinajstić information content (AvgIpc) is 2.81. The molecular weight excluding hydrogens is 211 g/mol. The monoisotopic (exact) mass is 222 g/mol. The van der Waals surface area contributed by atoms with Crippen LogP contribution in [0.2, 0.25) is 0 Å². The van der Waals surface area contributed by atoms with Crippen molar-refractivity contribution in [2.75, 3.05) is 14.2 Å². The van der Waals surface area contributed by atoms with E-state index >= 15 is 0 Å². The number of hydrogen-bond donors (Lipinski definition) is 1. The van der Waals surface area contributed by atoms with E-state index in [1.54, 1.807) is 18.5 Å². The molecule has 16 heavy (non-hydrogen) atoms. The first-order valence-corrected chi connectivity index (χ1v) is 4.67. The number of methoxy groups -OCH3 is 2. The number of rotatable bonds is 3. The van der Waals surface area contributed by atoms with E-state index in [-0.39, 0.29) is 5.75 Å². The lowest BCUT2D eigenvalue weighted by Gasteiger charge is -2.12. The van der Waals surface area contributed by atoms with Crippen molar-refractivity contribution in [1.29, 1.82) is 0 Å². The van der Waals surface area contributed by atoms with E-state index in [1.165, 1.54) is 20.3 Å². The van der Waals surface area contributed by atoms with E-state index in [0.717, 1.165) is 0 Å². The van der Waals surface area contributed by atoms with Gasteiger partial charge in [0.25, 0.3) is 0 Å². The molecule has 0 saturated heterocycles. The zero-order valence-corrected chi connectivity index (χ0v) is 8.95. The fraction of sp³-hybridized carbons (Fsp3) is 0.182. The maximum absolute atomic E-state index is 13.5. The normalized spacial score (nSPS) is 10.2. The third kappa shape index (κ3) is 1.60. The molecule has 0 amide bonds. The molecular formula is C11H11FN2O2. The Kier molecular flexibility index (Phi) is 2.76. The highest BCUT2D eigenvalue weighted by atomic mass is 19.1. The third-order valence-corrected chi connectivity index (χ3v) is 2.28. The molecule has 0 bridgehead atoms. The molecule has 0 radical (unpaired) electrons. The lowest BCUT2D eigenvalue weighted by atomic mass is 10.1. The molecule has 1 heterocycles. The quantitative estimate of drug-likeness (QED) is 0.866. The Labute approximate surface area is 92.0 Å². The van der Waals surface area contributed by atoms with Crippen LogP contribution >= 0.6 is 0 Å². The van der Waals surface area contributed by atoms with Crippen molar-refractivity contribution in [2.45, 2.75) is 0 Å². The maximum atomic E-state index is 13.5. The SMILES string of the molecule is COc1ccc(F)c(OC)c1-c1cn[nH]c1. The summed E-state index contributed by atoms with van der Waals surface area (Å²) < 4.78 is 23.8. The topological polar surface area (TPSA) is 47.1 Å². The number of nitrogens with one attached hydrogen (secondary N) is 1. The molecule has 0 unspecified atom stereocenters. The van der Waals surface area contributed by atoms with Crippen LogP contribution in [0.25, 0.3) is 11.1 Å². The second kappa shape index (κ2) is 4.22. The van der Waals surface area contributed by atoms with Crippen LogP contribution in [-0.2, 0) is 0 Å². The van der Waals surface area contributed by atoms with Crippen molar-refractivity contribution in [3.8, 4) is 22.6 Å². The van der Waals surface area contributed by atoms with Gasteiger partial charge in [-0.1, -0.05) is 0 Å². The van der Waals surface area contributed by atoms with E-state index in [4.69, 9.17) is 9.47 Å². The van der Waals surface area contributed by atoms with E-state index in [2.05, 4.69) is 10.2 Å². The summed E-state index contributed by atoms with van der Waals surface area (Å²) in [6.07, 6.45) is 3.24. The number of H-pyrrole nitrogens is 1. The highest BCUT2D eigenvalue weighted by molar-refractivity contribution is 5.76. The van der Waals surface area contributed by atoms with Gasteiger partial charge >= 0.3 is 0 Å². The second-order valence-electron chi connectivity index (χ2n) is 3.14. The summed E-state index contributed by atoms with van der Waals surface area (Å²) in [5.74, 6) is 0.264. The molecule has 1 N–H and O–H groups in total. The van der Waals surface area contributed by atoms with Gasteiger partial charge in [0, 0.05) is 11.8 Å². The van der Waals surface area contributed by atoms with Gasteiger partial charge < -0.3 is 9.47 Å². The highest BCUT2D eigenvalue weighted by Crippen LogP contribution is 2.39. The predicted octanol–water partition coefficient (Wildman–Crippen LogP) is 2.23. The van der Waals surface area contributed by atoms with E-state index in [1.807, 2.05) is 0 Å². The molecule has 0 atom stereocenters. The predicted molar refractivity (Wildman–Crippen MR) is 57.1 cm³/mol. The second-order valence-corrected chi connectivity index (χ2v) is 3.14. The fourth-order valence-electron chi connectivity index (χ4n) is 1.57. The zero-order valence-electron chi connectivity index (χ0n) is 8.95. The molecule has 0 saturated carbocycles. The first-order chi connectivity index (χ1) is 7.77. The summed E-state index contributed by atoms with van der Waals surface area (Å²) in [5.41, 5.74) is 1.27. The molecule has 4 nitrogen and oxygen atoms in total. The van der Waals surface area contributed by atoms with Crippen LogP contribution < -0.4 is 9.47 Å². The van der Waals surface area contributed by atoms with E-state index in [9.17, 15) is 4.39 Å². The summed E-state index contributed by atoms with van der Waals surface area (Å²) >= 11 is 0. The lowest BCUT2D eigenvalue weighted by Crippen LogP contribution is -1.95. The molecule has 0 aliphatic carbocycles. The largest absolute Gasteiger partial charge is 0.496 e. The first kappa shape index (κ1) is 10.5. The van der Waals surface area contributed by atoms with Gasteiger partial charge in [-0.15, -0.1) is 0 Å². The van der Waals surface area contributed by atoms with Gasteiger partial charge in [-0.05, 0) is 12.1 Å². The summed E-state index contributed by atoms with van der Waals surface area (Å²) in [7, 11) is 2.94. The van der Waals surface area contributed by atoms with Gasteiger partial charge in [-0.3, -0.25) is 5.10 Å². The first-order valence-electron chi connectivity index (χ1n) is 4.67. The standard InChI is InChI=1S/C11H11FN2O2/c1-15-9-4-3-8(12)11(16-2)10(9)7-5-13-14-6-7/h3-6H,1-2H3,(H,13,14). The number of benzene rings is 1. The van der Waals surface area contributed by atoms with Crippen molar-refractivity contribution >= 4 is 0 Å². The zero-order chi connectivity index (χ0) is 11.5. The summed E-state index contributed by atoms with van der Waals surface area (Å²) in [6.45, 7) is 0. The number of ether oxygens (including phenoxy) is 2. The van der Waals surface area contributed by atoms with Crippen LogP contribution in [0.3, 0.4) is 0 Å². The Morgan fingerprint density at radius 2 is 2.06 bits per heavy atom. The highest BCUT2D eigenvalue weighted by Gasteiger charge is 2.17. The summed E-state index contributed by atoms with van der Waals surface area (Å²) in [6, 6.07) is 2.86. The smallest absolute Gasteiger partial charge is 0.166 e. The van der Waals surface area contributed by atoms with Gasteiger partial charge in [0.05, 0.1) is 26.0 Å². The number of aromatic nitrogens is 2. The Morgan fingerprint density at radius 3 is 2.62 bits per heavy atom. The summed E-state index contributed by atoms with van der Waals surface area (Å²) in [4.78, 5) is 0. The van der Waals surface area contributed by atoms with Gasteiger partial charge in [-0.25, -0.2) is 4.39 Å². The van der Waals surface area contributed by atoms with Crippen LogP contribution in [-0.4, -0.2) is 24.4 Å². The average molecular weight is 222 g/mol. The molecule has 0 fully saturated rings. The van der Waals surface area contributed by atoms with Gasteiger partial charge in [0.2, 0.25) is 0 Å². The Morgan fingerprint density at radius 1 is 1.25 bits per heavy atom. The van der Waals surface area contributed by atoms with Crippen LogP contribution in [0.5, 0.6) is 11.5 Å². The van der Waals surface area contributed by atoms with Crippen LogP contribution in [0.15, 0.2) is 24.5 Å². The lowest BCUT2D eigenvalue weighted by molar-refractivity contribution is 0.377. The molecule has 1 aromatic heterocycles. The molecule has 0 aliphatic rings. The van der Waals surface area contributed by atoms with Crippen LogP contribution in [0.1, 0.15) is 0 Å². The van der Waals surface area contributed by atoms with Crippen molar-refractivity contribution in [3.63, 3.8) is 0 Å². The van der Waals surface area contributed by atoms with Crippen molar-refractivity contribution in [1.82, 2.24) is 10.2 Å². The molecule has 1 aromatic carbocycles. The van der Waals surface area contributed by atoms with Crippen molar-refractivity contribution in [3.05, 3.63) is 30.3 Å². The molecule has 0 aliphatic heterocycles. The van der Waals surface area contributed by atoms with Gasteiger partial charge in [0.1, 0.15) is 5.75 Å². The Hall–Kier alpha value is -2.04. The van der Waals surface area contributed by atoms with E-state index in [0.29, 0.717) is 16.9 Å².